The van der Waals surface area contributed by atoms with Gasteiger partial charge in [-0.1, -0.05) is 6.08 Å². The zero-order valence-electron chi connectivity index (χ0n) is 13.1. The Kier molecular flexibility index (Phi) is 11.1. The summed E-state index contributed by atoms with van der Waals surface area (Å²) < 4.78 is 0. The Morgan fingerprint density at radius 1 is 1.55 bits per heavy atom. The molecule has 7 heteroatoms. The van der Waals surface area contributed by atoms with Crippen LogP contribution in [0.25, 0.3) is 0 Å². The van der Waals surface area contributed by atoms with Crippen molar-refractivity contribution < 1.29 is 4.79 Å². The third kappa shape index (κ3) is 7.96. The Morgan fingerprint density at radius 2 is 2.32 bits per heavy atom. The Bertz CT molecular complexity index is 478. The standard InChI is InChI=1S/C15H23N5O.HI/c1-4-5-6-10-20(3)15(16-2)18-12-14(21)19-13-8-7-9-17-11-13;/h4,7-9,11H,1,5-6,10,12H2,2-3H3,(H,16,18)(H,19,21);1H. The fourth-order valence-corrected chi connectivity index (χ4v) is 1.76. The van der Waals surface area contributed by atoms with Gasteiger partial charge in [0.25, 0.3) is 0 Å². The number of hydrogen-bond donors (Lipinski definition) is 2. The summed E-state index contributed by atoms with van der Waals surface area (Å²) in [4.78, 5) is 21.9. The van der Waals surface area contributed by atoms with Gasteiger partial charge in [0, 0.05) is 26.8 Å². The number of rotatable bonds is 7. The molecule has 1 aromatic heterocycles. The normalized spacial score (nSPS) is 10.4. The van der Waals surface area contributed by atoms with E-state index in [1.807, 2.05) is 18.0 Å². The molecule has 1 rings (SSSR count). The first-order valence-corrected chi connectivity index (χ1v) is 6.90. The summed E-state index contributed by atoms with van der Waals surface area (Å²) >= 11 is 0. The van der Waals surface area contributed by atoms with Crippen molar-refractivity contribution in [3.05, 3.63) is 37.2 Å². The van der Waals surface area contributed by atoms with Crippen molar-refractivity contribution in [2.45, 2.75) is 12.8 Å². The van der Waals surface area contributed by atoms with E-state index in [0.717, 1.165) is 19.4 Å². The lowest BCUT2D eigenvalue weighted by Crippen LogP contribution is -2.42. The number of guanidine groups is 1. The highest BCUT2D eigenvalue weighted by Crippen LogP contribution is 2.01. The van der Waals surface area contributed by atoms with Gasteiger partial charge < -0.3 is 15.5 Å². The highest BCUT2D eigenvalue weighted by Gasteiger charge is 2.07. The van der Waals surface area contributed by atoms with Gasteiger partial charge in [0.05, 0.1) is 18.4 Å². The first kappa shape index (κ1) is 20.4. The highest BCUT2D eigenvalue weighted by atomic mass is 127. The van der Waals surface area contributed by atoms with Crippen LogP contribution in [0.2, 0.25) is 0 Å². The molecule has 0 aromatic carbocycles. The molecule has 122 valence electrons. The number of allylic oxidation sites excluding steroid dienone is 1. The van der Waals surface area contributed by atoms with Gasteiger partial charge in [-0.3, -0.25) is 14.8 Å². The van der Waals surface area contributed by atoms with Gasteiger partial charge in [0.1, 0.15) is 0 Å². The minimum atomic E-state index is -0.136. The number of carbonyl (C=O) groups is 1. The maximum atomic E-state index is 11.8. The molecule has 0 atom stereocenters. The maximum absolute atomic E-state index is 11.8. The van der Waals surface area contributed by atoms with E-state index < -0.39 is 0 Å². The van der Waals surface area contributed by atoms with Gasteiger partial charge in [0.2, 0.25) is 5.91 Å². The fourth-order valence-electron chi connectivity index (χ4n) is 1.76. The molecule has 1 heterocycles. The summed E-state index contributed by atoms with van der Waals surface area (Å²) in [6, 6.07) is 3.57. The average Bonchev–Trinajstić information content (AvgIpc) is 2.49. The molecular weight excluding hydrogens is 393 g/mol. The zero-order chi connectivity index (χ0) is 15.5. The van der Waals surface area contributed by atoms with Crippen molar-refractivity contribution in [2.24, 2.45) is 4.99 Å². The van der Waals surface area contributed by atoms with Crippen LogP contribution in [0.4, 0.5) is 5.69 Å². The van der Waals surface area contributed by atoms with Crippen molar-refractivity contribution in [1.29, 1.82) is 0 Å². The molecule has 6 nitrogen and oxygen atoms in total. The molecule has 0 saturated carbocycles. The smallest absolute Gasteiger partial charge is 0.243 e. The number of amides is 1. The molecule has 0 bridgehead atoms. The van der Waals surface area contributed by atoms with Crippen LogP contribution < -0.4 is 10.6 Å². The molecule has 0 spiro atoms. The third-order valence-electron chi connectivity index (χ3n) is 2.83. The molecule has 22 heavy (non-hydrogen) atoms. The molecule has 0 unspecified atom stereocenters. The van der Waals surface area contributed by atoms with Crippen LogP contribution in [-0.2, 0) is 4.79 Å². The zero-order valence-corrected chi connectivity index (χ0v) is 15.4. The topological polar surface area (TPSA) is 69.6 Å². The first-order valence-electron chi connectivity index (χ1n) is 6.90. The van der Waals surface area contributed by atoms with Crippen LogP contribution in [0.1, 0.15) is 12.8 Å². The van der Waals surface area contributed by atoms with Crippen molar-refractivity contribution in [1.82, 2.24) is 15.2 Å². The number of nitrogens with zero attached hydrogens (tertiary/aromatic N) is 3. The van der Waals surface area contributed by atoms with E-state index in [0.29, 0.717) is 11.6 Å². The van der Waals surface area contributed by atoms with E-state index in [-0.39, 0.29) is 36.4 Å². The number of halogens is 1. The lowest BCUT2D eigenvalue weighted by Gasteiger charge is -2.21. The van der Waals surface area contributed by atoms with E-state index >= 15 is 0 Å². The molecule has 0 aliphatic rings. The van der Waals surface area contributed by atoms with Gasteiger partial charge in [-0.25, -0.2) is 0 Å². The van der Waals surface area contributed by atoms with Gasteiger partial charge in [-0.05, 0) is 25.0 Å². The van der Waals surface area contributed by atoms with Crippen LogP contribution in [-0.4, -0.2) is 48.9 Å². The number of anilines is 1. The summed E-state index contributed by atoms with van der Waals surface area (Å²) in [5.74, 6) is 0.559. The summed E-state index contributed by atoms with van der Waals surface area (Å²) in [5.41, 5.74) is 0.679. The third-order valence-corrected chi connectivity index (χ3v) is 2.83. The fraction of sp³-hybridized carbons (Fsp3) is 0.400. The molecular formula is C15H24IN5O. The Morgan fingerprint density at radius 3 is 2.91 bits per heavy atom. The Balaban J connectivity index is 0.00000441. The van der Waals surface area contributed by atoms with E-state index in [4.69, 9.17) is 0 Å². The summed E-state index contributed by atoms with van der Waals surface area (Å²) in [7, 11) is 3.64. The number of hydrogen-bond acceptors (Lipinski definition) is 3. The second-order valence-corrected chi connectivity index (χ2v) is 4.54. The van der Waals surface area contributed by atoms with Crippen LogP contribution in [0.15, 0.2) is 42.2 Å². The predicted octanol–water partition coefficient (Wildman–Crippen LogP) is 2.11. The lowest BCUT2D eigenvalue weighted by molar-refractivity contribution is -0.115. The van der Waals surface area contributed by atoms with Gasteiger partial charge in [-0.2, -0.15) is 0 Å². The lowest BCUT2D eigenvalue weighted by atomic mass is 10.3. The largest absolute Gasteiger partial charge is 0.347 e. The van der Waals surface area contributed by atoms with Gasteiger partial charge >= 0.3 is 0 Å². The number of aromatic nitrogens is 1. The summed E-state index contributed by atoms with van der Waals surface area (Å²) in [5, 5.41) is 5.80. The molecule has 0 aliphatic heterocycles. The summed E-state index contributed by atoms with van der Waals surface area (Å²) in [6.07, 6.45) is 7.12. The van der Waals surface area contributed by atoms with Gasteiger partial charge in [0.15, 0.2) is 5.96 Å². The number of nitrogens with one attached hydrogen (secondary N) is 2. The maximum Gasteiger partial charge on any atom is 0.243 e. The quantitative estimate of drug-likeness (QED) is 0.235. The van der Waals surface area contributed by atoms with Crippen molar-refractivity contribution in [3.63, 3.8) is 0 Å². The van der Waals surface area contributed by atoms with Gasteiger partial charge in [-0.15, -0.1) is 30.6 Å². The van der Waals surface area contributed by atoms with Crippen LogP contribution in [0.5, 0.6) is 0 Å². The van der Waals surface area contributed by atoms with E-state index in [1.54, 1.807) is 31.6 Å². The first-order chi connectivity index (χ1) is 10.2. The molecule has 0 radical (unpaired) electrons. The molecule has 1 amide bonds. The molecule has 1 aromatic rings. The predicted molar refractivity (Wildman–Crippen MR) is 102 cm³/mol. The second-order valence-electron chi connectivity index (χ2n) is 4.54. The number of aliphatic imine (C=N–C) groups is 1. The van der Waals surface area contributed by atoms with E-state index in [1.165, 1.54) is 0 Å². The van der Waals surface area contributed by atoms with Crippen molar-refractivity contribution in [2.75, 3.05) is 32.5 Å². The average molecular weight is 417 g/mol. The minimum Gasteiger partial charge on any atom is -0.347 e. The molecule has 0 aliphatic carbocycles. The number of pyridine rings is 1. The molecule has 2 N–H and O–H groups in total. The highest BCUT2D eigenvalue weighted by molar-refractivity contribution is 14.0. The van der Waals surface area contributed by atoms with Crippen molar-refractivity contribution in [3.8, 4) is 0 Å². The SMILES string of the molecule is C=CCCCN(C)C(=NC)NCC(=O)Nc1cccnc1.I. The minimum absolute atomic E-state index is 0. The van der Waals surface area contributed by atoms with Crippen molar-refractivity contribution >= 4 is 41.5 Å². The molecule has 0 saturated heterocycles. The molecule has 0 fully saturated rings. The van der Waals surface area contributed by atoms with E-state index in [9.17, 15) is 4.79 Å². The number of carbonyl (C=O) groups excluding carboxylic acids is 1. The Hall–Kier alpha value is -1.64. The van der Waals surface area contributed by atoms with E-state index in [2.05, 4.69) is 27.2 Å². The van der Waals surface area contributed by atoms with Crippen LogP contribution >= 0.6 is 24.0 Å². The Labute approximate surface area is 149 Å². The second kappa shape index (κ2) is 12.0. The van der Waals surface area contributed by atoms with Crippen LogP contribution in [0.3, 0.4) is 0 Å². The summed E-state index contributed by atoms with van der Waals surface area (Å²) in [6.45, 7) is 4.72. The monoisotopic (exact) mass is 417 g/mol. The number of unbranched alkanes of at least 4 members (excludes halogenated alkanes) is 1. The van der Waals surface area contributed by atoms with Crippen LogP contribution in [0, 0.1) is 0 Å².